The molecule has 6 nitrogen and oxygen atoms in total. The highest BCUT2D eigenvalue weighted by molar-refractivity contribution is 5.82. The number of hydrogen-bond acceptors (Lipinski definition) is 4. The summed E-state index contributed by atoms with van der Waals surface area (Å²) in [7, 11) is 1.58. The lowest BCUT2D eigenvalue weighted by Gasteiger charge is -2.30. The van der Waals surface area contributed by atoms with Crippen LogP contribution < -0.4 is 14.8 Å². The minimum absolute atomic E-state index is 0.0476. The smallest absolute Gasteiger partial charge is 0.305 e. The first-order valence-electron chi connectivity index (χ1n) is 7.79. The molecule has 1 aliphatic carbocycles. The van der Waals surface area contributed by atoms with Gasteiger partial charge in [0.05, 0.1) is 19.1 Å². The van der Waals surface area contributed by atoms with Crippen LogP contribution in [0.5, 0.6) is 11.5 Å². The first-order chi connectivity index (χ1) is 10.9. The number of benzene rings is 1. The van der Waals surface area contributed by atoms with Crippen LogP contribution in [0.1, 0.15) is 39.0 Å². The quantitative estimate of drug-likeness (QED) is 0.805. The number of carboxylic acids is 1. The number of amides is 1. The van der Waals surface area contributed by atoms with Gasteiger partial charge in [-0.25, -0.2) is 0 Å². The standard InChI is InChI=1S/C17H23NO5/c1-12(23-14-7-5-13(22-2)6-8-14)16(21)18-17(11-15(19)20)9-3-4-10-17/h5-8,12H,3-4,9-11H2,1-2H3,(H,18,21)(H,19,20). The minimum atomic E-state index is -0.893. The fourth-order valence-corrected chi connectivity index (χ4v) is 2.96. The molecule has 1 atom stereocenters. The van der Waals surface area contributed by atoms with Crippen molar-refractivity contribution < 1.29 is 24.2 Å². The Morgan fingerprint density at radius 1 is 1.22 bits per heavy atom. The molecule has 0 radical (unpaired) electrons. The van der Waals surface area contributed by atoms with Gasteiger partial charge in [-0.1, -0.05) is 12.8 Å². The SMILES string of the molecule is COc1ccc(OC(C)C(=O)NC2(CC(=O)O)CCCC2)cc1. The van der Waals surface area contributed by atoms with Crippen LogP contribution in [0.25, 0.3) is 0 Å². The Bertz CT molecular complexity index is 549. The van der Waals surface area contributed by atoms with Crippen LogP contribution in [0.2, 0.25) is 0 Å². The average molecular weight is 321 g/mol. The molecule has 1 aliphatic rings. The van der Waals surface area contributed by atoms with Crippen molar-refractivity contribution in [2.24, 2.45) is 0 Å². The number of aliphatic carboxylic acids is 1. The second-order valence-electron chi connectivity index (χ2n) is 5.98. The van der Waals surface area contributed by atoms with E-state index in [9.17, 15) is 9.59 Å². The summed E-state index contributed by atoms with van der Waals surface area (Å²) in [5, 5.41) is 12.0. The molecule has 6 heteroatoms. The van der Waals surface area contributed by atoms with Crippen LogP contribution in [0.3, 0.4) is 0 Å². The number of carboxylic acid groups (broad SMARTS) is 1. The van der Waals surface area contributed by atoms with Gasteiger partial charge < -0.3 is 19.9 Å². The summed E-state index contributed by atoms with van der Waals surface area (Å²) < 4.78 is 10.7. The normalized spacial score (nSPS) is 17.3. The summed E-state index contributed by atoms with van der Waals surface area (Å²) in [6, 6.07) is 6.96. The molecule has 0 aromatic heterocycles. The summed E-state index contributed by atoms with van der Waals surface area (Å²) in [5.41, 5.74) is -0.638. The van der Waals surface area contributed by atoms with E-state index in [2.05, 4.69) is 5.32 Å². The van der Waals surface area contributed by atoms with Crippen molar-refractivity contribution in [1.82, 2.24) is 5.32 Å². The van der Waals surface area contributed by atoms with Crippen LogP contribution in [0.15, 0.2) is 24.3 Å². The Kier molecular flexibility index (Phi) is 5.47. The average Bonchev–Trinajstić information content (AvgIpc) is 2.95. The highest BCUT2D eigenvalue weighted by Crippen LogP contribution is 2.32. The number of carbonyl (C=O) groups is 2. The molecule has 0 spiro atoms. The predicted octanol–water partition coefficient (Wildman–Crippen LogP) is 2.37. The first-order valence-corrected chi connectivity index (χ1v) is 7.79. The Morgan fingerprint density at radius 2 is 1.78 bits per heavy atom. The molecule has 0 heterocycles. The molecule has 0 bridgehead atoms. The number of ether oxygens (including phenoxy) is 2. The van der Waals surface area contributed by atoms with Gasteiger partial charge in [0.25, 0.3) is 5.91 Å². The maximum Gasteiger partial charge on any atom is 0.305 e. The van der Waals surface area contributed by atoms with E-state index in [-0.39, 0.29) is 12.3 Å². The maximum absolute atomic E-state index is 12.4. The van der Waals surface area contributed by atoms with Crippen molar-refractivity contribution >= 4 is 11.9 Å². The van der Waals surface area contributed by atoms with Crippen molar-refractivity contribution in [3.63, 3.8) is 0 Å². The molecule has 1 aromatic rings. The van der Waals surface area contributed by atoms with Crippen LogP contribution in [-0.2, 0) is 9.59 Å². The zero-order valence-corrected chi connectivity index (χ0v) is 13.5. The van der Waals surface area contributed by atoms with Crippen molar-refractivity contribution in [1.29, 1.82) is 0 Å². The molecule has 126 valence electrons. The summed E-state index contributed by atoms with van der Waals surface area (Å²) >= 11 is 0. The van der Waals surface area contributed by atoms with E-state index in [0.29, 0.717) is 24.3 Å². The van der Waals surface area contributed by atoms with Gasteiger partial charge in [0.2, 0.25) is 0 Å². The van der Waals surface area contributed by atoms with E-state index in [1.54, 1.807) is 38.3 Å². The Morgan fingerprint density at radius 3 is 2.30 bits per heavy atom. The molecular formula is C17H23NO5. The molecule has 2 rings (SSSR count). The third-order valence-electron chi connectivity index (χ3n) is 4.18. The third kappa shape index (κ3) is 4.61. The molecule has 0 aliphatic heterocycles. The van der Waals surface area contributed by atoms with Crippen LogP contribution in [0, 0.1) is 0 Å². The summed E-state index contributed by atoms with van der Waals surface area (Å²) in [4.78, 5) is 23.4. The van der Waals surface area contributed by atoms with Gasteiger partial charge in [0, 0.05) is 0 Å². The Hall–Kier alpha value is -2.24. The summed E-state index contributed by atoms with van der Waals surface area (Å²) in [6.07, 6.45) is 2.51. The molecular weight excluding hydrogens is 298 g/mol. The lowest BCUT2D eigenvalue weighted by Crippen LogP contribution is -2.51. The molecule has 1 saturated carbocycles. The molecule has 1 amide bonds. The van der Waals surface area contributed by atoms with Gasteiger partial charge in [0.15, 0.2) is 6.10 Å². The predicted molar refractivity (Wildman–Crippen MR) is 84.7 cm³/mol. The maximum atomic E-state index is 12.4. The number of methoxy groups -OCH3 is 1. The van der Waals surface area contributed by atoms with E-state index in [1.165, 1.54) is 0 Å². The summed E-state index contributed by atoms with van der Waals surface area (Å²) in [5.74, 6) is 0.0906. The highest BCUT2D eigenvalue weighted by Gasteiger charge is 2.38. The molecule has 1 aromatic carbocycles. The van der Waals surface area contributed by atoms with Gasteiger partial charge in [-0.3, -0.25) is 9.59 Å². The fourth-order valence-electron chi connectivity index (χ4n) is 2.96. The van der Waals surface area contributed by atoms with Crippen LogP contribution in [0.4, 0.5) is 0 Å². The van der Waals surface area contributed by atoms with Crippen LogP contribution >= 0.6 is 0 Å². The van der Waals surface area contributed by atoms with Gasteiger partial charge in [-0.15, -0.1) is 0 Å². The van der Waals surface area contributed by atoms with Crippen molar-refractivity contribution in [3.05, 3.63) is 24.3 Å². The number of nitrogens with one attached hydrogen (secondary N) is 1. The zero-order valence-electron chi connectivity index (χ0n) is 13.5. The van der Waals surface area contributed by atoms with Crippen LogP contribution in [-0.4, -0.2) is 35.7 Å². The zero-order chi connectivity index (χ0) is 16.9. The van der Waals surface area contributed by atoms with E-state index < -0.39 is 17.6 Å². The van der Waals surface area contributed by atoms with Crippen molar-refractivity contribution in [2.45, 2.75) is 50.7 Å². The van der Waals surface area contributed by atoms with Gasteiger partial charge in [0.1, 0.15) is 11.5 Å². The van der Waals surface area contributed by atoms with Crippen molar-refractivity contribution in [2.75, 3.05) is 7.11 Å². The lowest BCUT2D eigenvalue weighted by atomic mass is 9.93. The summed E-state index contributed by atoms with van der Waals surface area (Å²) in [6.45, 7) is 1.66. The highest BCUT2D eigenvalue weighted by atomic mass is 16.5. The number of rotatable bonds is 7. The third-order valence-corrected chi connectivity index (χ3v) is 4.18. The van der Waals surface area contributed by atoms with Gasteiger partial charge in [-0.2, -0.15) is 0 Å². The van der Waals surface area contributed by atoms with E-state index in [0.717, 1.165) is 12.8 Å². The Labute approximate surface area is 135 Å². The molecule has 2 N–H and O–H groups in total. The fraction of sp³-hybridized carbons (Fsp3) is 0.529. The van der Waals surface area contributed by atoms with Crippen molar-refractivity contribution in [3.8, 4) is 11.5 Å². The number of hydrogen-bond donors (Lipinski definition) is 2. The lowest BCUT2D eigenvalue weighted by molar-refractivity contribution is -0.139. The largest absolute Gasteiger partial charge is 0.497 e. The van der Waals surface area contributed by atoms with E-state index in [1.807, 2.05) is 0 Å². The second kappa shape index (κ2) is 7.35. The molecule has 0 saturated heterocycles. The van der Waals surface area contributed by atoms with E-state index >= 15 is 0 Å². The van der Waals surface area contributed by atoms with E-state index in [4.69, 9.17) is 14.6 Å². The minimum Gasteiger partial charge on any atom is -0.497 e. The first kappa shape index (κ1) is 17.1. The number of carbonyl (C=O) groups excluding carboxylic acids is 1. The topological polar surface area (TPSA) is 84.9 Å². The Balaban J connectivity index is 1.96. The van der Waals surface area contributed by atoms with Gasteiger partial charge >= 0.3 is 5.97 Å². The molecule has 1 fully saturated rings. The molecule has 1 unspecified atom stereocenters. The monoisotopic (exact) mass is 321 g/mol. The second-order valence-corrected chi connectivity index (χ2v) is 5.98. The van der Waals surface area contributed by atoms with Gasteiger partial charge in [-0.05, 0) is 44.0 Å². The molecule has 23 heavy (non-hydrogen) atoms.